The minimum Gasteiger partial charge on any atom is -0.339 e. The molecule has 1 amide bonds. The summed E-state index contributed by atoms with van der Waals surface area (Å²) in [5.74, 6) is 1.11. The summed E-state index contributed by atoms with van der Waals surface area (Å²) >= 11 is 0. The molecule has 0 aromatic carbocycles. The normalized spacial score (nSPS) is 17.5. The average Bonchev–Trinajstić information content (AvgIpc) is 3.22. The molecule has 1 atom stereocenters. The highest BCUT2D eigenvalue weighted by molar-refractivity contribution is 5.92. The van der Waals surface area contributed by atoms with Gasteiger partial charge in [-0.3, -0.25) is 4.79 Å². The van der Waals surface area contributed by atoms with Crippen LogP contribution in [0, 0.1) is 11.3 Å². The van der Waals surface area contributed by atoms with Crippen LogP contribution in [0.3, 0.4) is 0 Å². The second-order valence-electron chi connectivity index (χ2n) is 5.85. The molecule has 0 spiro atoms. The Morgan fingerprint density at radius 3 is 2.91 bits per heavy atom. The van der Waals surface area contributed by atoms with E-state index < -0.39 is 0 Å². The van der Waals surface area contributed by atoms with E-state index in [1.807, 2.05) is 19.9 Å². The number of nitriles is 1. The SMILES string of the molecule is CC(C)c1nc([C@H]2CCCN2C(=O)c2ccc(C#N)cn2)no1. The van der Waals surface area contributed by atoms with Gasteiger partial charge in [0, 0.05) is 18.7 Å². The van der Waals surface area contributed by atoms with E-state index in [9.17, 15) is 4.79 Å². The molecule has 0 N–H and O–H groups in total. The zero-order valence-corrected chi connectivity index (χ0v) is 13.1. The van der Waals surface area contributed by atoms with E-state index in [4.69, 9.17) is 9.78 Å². The van der Waals surface area contributed by atoms with Gasteiger partial charge in [0.05, 0.1) is 11.6 Å². The number of nitrogens with zero attached hydrogens (tertiary/aromatic N) is 5. The van der Waals surface area contributed by atoms with E-state index in [2.05, 4.69) is 15.1 Å². The number of likely N-dealkylation sites (tertiary alicyclic amines) is 1. The van der Waals surface area contributed by atoms with Gasteiger partial charge in [0.2, 0.25) is 5.89 Å². The second kappa shape index (κ2) is 6.16. The summed E-state index contributed by atoms with van der Waals surface area (Å²) in [5, 5.41) is 12.8. The van der Waals surface area contributed by atoms with Gasteiger partial charge in [-0.1, -0.05) is 19.0 Å². The maximum atomic E-state index is 12.7. The van der Waals surface area contributed by atoms with Crippen molar-refractivity contribution in [1.82, 2.24) is 20.0 Å². The fraction of sp³-hybridized carbons (Fsp3) is 0.438. The van der Waals surface area contributed by atoms with E-state index in [0.29, 0.717) is 29.5 Å². The molecular weight excluding hydrogens is 294 g/mol. The van der Waals surface area contributed by atoms with Crippen LogP contribution in [0.4, 0.5) is 0 Å². The predicted molar refractivity (Wildman–Crippen MR) is 80.4 cm³/mol. The fourth-order valence-corrected chi connectivity index (χ4v) is 2.63. The number of hydrogen-bond acceptors (Lipinski definition) is 6. The Bertz CT molecular complexity index is 745. The van der Waals surface area contributed by atoms with Crippen LogP contribution in [0.2, 0.25) is 0 Å². The van der Waals surface area contributed by atoms with Crippen molar-refractivity contribution in [3.63, 3.8) is 0 Å². The molecule has 1 aliphatic rings. The lowest BCUT2D eigenvalue weighted by Gasteiger charge is -2.21. The van der Waals surface area contributed by atoms with Crippen LogP contribution < -0.4 is 0 Å². The Kier molecular flexibility index (Phi) is 4.06. The smallest absolute Gasteiger partial charge is 0.273 e. The minimum absolute atomic E-state index is 0.155. The highest BCUT2D eigenvalue weighted by atomic mass is 16.5. The third-order valence-electron chi connectivity index (χ3n) is 3.87. The van der Waals surface area contributed by atoms with Gasteiger partial charge in [-0.15, -0.1) is 0 Å². The Balaban J connectivity index is 1.82. The van der Waals surface area contributed by atoms with Crippen molar-refractivity contribution in [2.75, 3.05) is 6.54 Å². The first-order chi connectivity index (χ1) is 11.1. The molecule has 0 bridgehead atoms. The number of carbonyl (C=O) groups excluding carboxylic acids is 1. The molecule has 0 saturated carbocycles. The van der Waals surface area contributed by atoms with Gasteiger partial charge in [0.15, 0.2) is 5.82 Å². The monoisotopic (exact) mass is 311 g/mol. The van der Waals surface area contributed by atoms with Crippen molar-refractivity contribution >= 4 is 5.91 Å². The molecule has 23 heavy (non-hydrogen) atoms. The predicted octanol–water partition coefficient (Wildman–Crippen LogP) is 2.44. The van der Waals surface area contributed by atoms with Crippen molar-refractivity contribution in [2.24, 2.45) is 0 Å². The Morgan fingerprint density at radius 1 is 1.48 bits per heavy atom. The van der Waals surface area contributed by atoms with Gasteiger partial charge < -0.3 is 9.42 Å². The maximum Gasteiger partial charge on any atom is 0.273 e. The molecule has 2 aromatic heterocycles. The maximum absolute atomic E-state index is 12.7. The third kappa shape index (κ3) is 2.93. The molecule has 0 aliphatic carbocycles. The van der Waals surface area contributed by atoms with Crippen LogP contribution in [0.25, 0.3) is 0 Å². The molecular formula is C16H17N5O2. The number of amides is 1. The van der Waals surface area contributed by atoms with Crippen LogP contribution in [0.15, 0.2) is 22.9 Å². The Labute approximate surface area is 133 Å². The molecule has 3 heterocycles. The van der Waals surface area contributed by atoms with Gasteiger partial charge in [-0.2, -0.15) is 10.2 Å². The summed E-state index contributed by atoms with van der Waals surface area (Å²) in [5.41, 5.74) is 0.753. The summed E-state index contributed by atoms with van der Waals surface area (Å²) in [6, 6.07) is 4.98. The lowest BCUT2D eigenvalue weighted by atomic mass is 10.2. The second-order valence-corrected chi connectivity index (χ2v) is 5.85. The first kappa shape index (κ1) is 15.2. The van der Waals surface area contributed by atoms with Gasteiger partial charge in [-0.25, -0.2) is 4.98 Å². The van der Waals surface area contributed by atoms with Crippen LogP contribution in [-0.2, 0) is 0 Å². The summed E-state index contributed by atoms with van der Waals surface area (Å²) < 4.78 is 5.25. The van der Waals surface area contributed by atoms with Gasteiger partial charge in [0.25, 0.3) is 5.91 Å². The molecule has 1 fully saturated rings. The lowest BCUT2D eigenvalue weighted by molar-refractivity contribution is 0.0722. The van der Waals surface area contributed by atoms with Crippen molar-refractivity contribution in [1.29, 1.82) is 5.26 Å². The molecule has 7 heteroatoms. The van der Waals surface area contributed by atoms with E-state index in [-0.39, 0.29) is 17.9 Å². The minimum atomic E-state index is -0.184. The molecule has 0 radical (unpaired) electrons. The molecule has 1 saturated heterocycles. The van der Waals surface area contributed by atoms with Crippen molar-refractivity contribution in [3.05, 3.63) is 41.3 Å². The topological polar surface area (TPSA) is 95.9 Å². The van der Waals surface area contributed by atoms with E-state index in [0.717, 1.165) is 12.8 Å². The molecule has 1 aliphatic heterocycles. The van der Waals surface area contributed by atoms with Gasteiger partial charge >= 0.3 is 0 Å². The standard InChI is InChI=1S/C16H17N5O2/c1-10(2)15-19-14(20-23-15)13-4-3-7-21(13)16(22)12-6-5-11(8-17)9-18-12/h5-6,9-10,13H,3-4,7H2,1-2H3/t13-/m1/s1. The largest absolute Gasteiger partial charge is 0.339 e. The zero-order chi connectivity index (χ0) is 16.4. The number of pyridine rings is 1. The van der Waals surface area contributed by atoms with Crippen LogP contribution in [0.5, 0.6) is 0 Å². The lowest BCUT2D eigenvalue weighted by Crippen LogP contribution is -2.31. The summed E-state index contributed by atoms with van der Waals surface area (Å²) in [4.78, 5) is 22.9. The summed E-state index contributed by atoms with van der Waals surface area (Å²) in [6.07, 6.45) is 3.10. The van der Waals surface area contributed by atoms with E-state index >= 15 is 0 Å². The first-order valence-corrected chi connectivity index (χ1v) is 7.60. The van der Waals surface area contributed by atoms with Gasteiger partial charge in [0.1, 0.15) is 11.8 Å². The van der Waals surface area contributed by atoms with Crippen LogP contribution >= 0.6 is 0 Å². The molecule has 3 rings (SSSR count). The average molecular weight is 311 g/mol. The quantitative estimate of drug-likeness (QED) is 0.863. The van der Waals surface area contributed by atoms with Crippen molar-refractivity contribution in [2.45, 2.75) is 38.6 Å². The van der Waals surface area contributed by atoms with Crippen molar-refractivity contribution in [3.8, 4) is 6.07 Å². The number of hydrogen-bond donors (Lipinski definition) is 0. The summed E-state index contributed by atoms with van der Waals surface area (Å²) in [7, 11) is 0. The van der Waals surface area contributed by atoms with Crippen LogP contribution in [0.1, 0.15) is 66.4 Å². The van der Waals surface area contributed by atoms with Crippen molar-refractivity contribution < 1.29 is 9.32 Å². The molecule has 2 aromatic rings. The molecule has 0 unspecified atom stereocenters. The Hall–Kier alpha value is -2.75. The molecule has 118 valence electrons. The van der Waals surface area contributed by atoms with E-state index in [1.165, 1.54) is 6.20 Å². The summed E-state index contributed by atoms with van der Waals surface area (Å²) in [6.45, 7) is 4.60. The molecule has 7 nitrogen and oxygen atoms in total. The highest BCUT2D eigenvalue weighted by Crippen LogP contribution is 2.31. The Morgan fingerprint density at radius 2 is 2.30 bits per heavy atom. The fourth-order valence-electron chi connectivity index (χ4n) is 2.63. The van der Waals surface area contributed by atoms with Crippen LogP contribution in [-0.4, -0.2) is 32.5 Å². The number of carbonyl (C=O) groups is 1. The highest BCUT2D eigenvalue weighted by Gasteiger charge is 2.34. The number of aromatic nitrogens is 3. The first-order valence-electron chi connectivity index (χ1n) is 7.60. The van der Waals surface area contributed by atoms with Gasteiger partial charge in [-0.05, 0) is 25.0 Å². The number of rotatable bonds is 3. The van der Waals surface area contributed by atoms with E-state index in [1.54, 1.807) is 17.0 Å². The zero-order valence-electron chi connectivity index (χ0n) is 13.1. The third-order valence-corrected chi connectivity index (χ3v) is 3.87.